The van der Waals surface area contributed by atoms with E-state index in [0.29, 0.717) is 17.3 Å². The number of carbonyl (C=O) groups is 1. The molecule has 1 heterocycles. The number of hydrogen-bond donors (Lipinski definition) is 1. The Morgan fingerprint density at radius 2 is 2.16 bits per heavy atom. The van der Waals surface area contributed by atoms with E-state index in [1.807, 2.05) is 13.8 Å². The molecule has 1 aromatic heterocycles. The van der Waals surface area contributed by atoms with Gasteiger partial charge in [-0.05, 0) is 32.4 Å². The van der Waals surface area contributed by atoms with Gasteiger partial charge in [-0.3, -0.25) is 4.79 Å². The van der Waals surface area contributed by atoms with Gasteiger partial charge in [0.05, 0.1) is 12.1 Å². The van der Waals surface area contributed by atoms with Gasteiger partial charge >= 0.3 is 0 Å². The molecule has 1 N–H and O–H groups in total. The summed E-state index contributed by atoms with van der Waals surface area (Å²) < 4.78 is 5.08. The Morgan fingerprint density at radius 1 is 1.47 bits per heavy atom. The number of halogens is 1. The Bertz CT molecular complexity index is 447. The fraction of sp³-hybridized carbons (Fsp3) is 0.571. The van der Waals surface area contributed by atoms with Gasteiger partial charge in [-0.1, -0.05) is 24.9 Å². The maximum atomic E-state index is 12.2. The van der Waals surface area contributed by atoms with Crippen LogP contribution in [0.15, 0.2) is 12.1 Å². The summed E-state index contributed by atoms with van der Waals surface area (Å²) in [6, 6.07) is 3.37. The zero-order valence-corrected chi connectivity index (χ0v) is 12.7. The van der Waals surface area contributed by atoms with Crippen LogP contribution in [0.1, 0.15) is 43.2 Å². The van der Waals surface area contributed by atoms with Crippen molar-refractivity contribution in [1.82, 2.24) is 10.3 Å². The lowest BCUT2D eigenvalue weighted by Crippen LogP contribution is -2.46. The topological polar surface area (TPSA) is 51.2 Å². The number of methoxy groups -OCH3 is 1. The summed E-state index contributed by atoms with van der Waals surface area (Å²) in [5.41, 5.74) is 0.948. The number of ether oxygens (including phenoxy) is 1. The summed E-state index contributed by atoms with van der Waals surface area (Å²) >= 11 is 5.95. The number of amides is 1. The Hall–Kier alpha value is -1.13. The molecule has 1 amide bonds. The third kappa shape index (κ3) is 5.17. The van der Waals surface area contributed by atoms with Crippen molar-refractivity contribution in [2.45, 2.75) is 39.2 Å². The summed E-state index contributed by atoms with van der Waals surface area (Å²) in [7, 11) is 1.61. The molecular weight excluding hydrogens is 264 g/mol. The van der Waals surface area contributed by atoms with E-state index >= 15 is 0 Å². The fourth-order valence-electron chi connectivity index (χ4n) is 1.84. The van der Waals surface area contributed by atoms with Crippen molar-refractivity contribution in [3.05, 3.63) is 28.5 Å². The summed E-state index contributed by atoms with van der Waals surface area (Å²) in [5.74, 6) is -0.163. The Morgan fingerprint density at radius 3 is 2.74 bits per heavy atom. The molecule has 0 saturated carbocycles. The van der Waals surface area contributed by atoms with E-state index in [4.69, 9.17) is 16.3 Å². The molecule has 1 rings (SSSR count). The van der Waals surface area contributed by atoms with Crippen LogP contribution in [0.3, 0.4) is 0 Å². The molecule has 0 saturated heterocycles. The lowest BCUT2D eigenvalue weighted by Gasteiger charge is -2.25. The average molecular weight is 285 g/mol. The third-order valence-corrected chi connectivity index (χ3v) is 2.77. The summed E-state index contributed by atoms with van der Waals surface area (Å²) in [6.07, 6.45) is 1.77. The highest BCUT2D eigenvalue weighted by molar-refractivity contribution is 6.29. The number of pyridine rings is 1. The minimum Gasteiger partial charge on any atom is -0.382 e. The molecular formula is C14H21ClN2O2. The fourth-order valence-corrected chi connectivity index (χ4v) is 2.07. The van der Waals surface area contributed by atoms with Crippen molar-refractivity contribution >= 4 is 17.5 Å². The van der Waals surface area contributed by atoms with Gasteiger partial charge in [0.1, 0.15) is 5.15 Å². The second-order valence-corrected chi connectivity index (χ2v) is 5.58. The highest BCUT2D eigenvalue weighted by atomic mass is 35.5. The molecule has 0 bridgehead atoms. The molecule has 19 heavy (non-hydrogen) atoms. The van der Waals surface area contributed by atoms with Crippen LogP contribution in [-0.2, 0) is 11.2 Å². The first-order valence-corrected chi connectivity index (χ1v) is 6.73. The molecule has 106 valence electrons. The first-order valence-electron chi connectivity index (χ1n) is 6.36. The van der Waals surface area contributed by atoms with Crippen molar-refractivity contribution in [2.75, 3.05) is 13.7 Å². The van der Waals surface area contributed by atoms with E-state index in [1.54, 1.807) is 19.2 Å². The van der Waals surface area contributed by atoms with Crippen molar-refractivity contribution in [2.24, 2.45) is 0 Å². The lowest BCUT2D eigenvalue weighted by molar-refractivity contribution is 0.0819. The quantitative estimate of drug-likeness (QED) is 0.817. The molecule has 1 aromatic rings. The van der Waals surface area contributed by atoms with E-state index < -0.39 is 5.54 Å². The van der Waals surface area contributed by atoms with Crippen LogP contribution < -0.4 is 5.32 Å². The second-order valence-electron chi connectivity index (χ2n) is 5.19. The summed E-state index contributed by atoms with van der Waals surface area (Å²) in [6.45, 7) is 6.32. The standard InChI is InChI=1S/C14H21ClN2O2/c1-5-6-11-7-10(8-12(15)16-11)13(18)17-14(2,3)9-19-4/h7-8H,5-6,9H2,1-4H3,(H,17,18). The zero-order chi connectivity index (χ0) is 14.5. The van der Waals surface area contributed by atoms with Crippen molar-refractivity contribution in [3.8, 4) is 0 Å². The molecule has 0 atom stereocenters. The predicted octanol–water partition coefficient (Wildman–Crippen LogP) is 2.84. The van der Waals surface area contributed by atoms with Gasteiger partial charge < -0.3 is 10.1 Å². The first kappa shape index (κ1) is 15.9. The monoisotopic (exact) mass is 284 g/mol. The molecule has 0 fully saturated rings. The molecule has 0 radical (unpaired) electrons. The Kier molecular flexibility index (Phi) is 5.76. The van der Waals surface area contributed by atoms with Crippen LogP contribution in [0, 0.1) is 0 Å². The number of hydrogen-bond acceptors (Lipinski definition) is 3. The SMILES string of the molecule is CCCc1cc(C(=O)NC(C)(C)COC)cc(Cl)n1. The first-order chi connectivity index (χ1) is 8.88. The number of aryl methyl sites for hydroxylation is 1. The van der Waals surface area contributed by atoms with Crippen LogP contribution in [0.2, 0.25) is 5.15 Å². The van der Waals surface area contributed by atoms with E-state index in [2.05, 4.69) is 17.2 Å². The van der Waals surface area contributed by atoms with Crippen LogP contribution in [-0.4, -0.2) is 30.1 Å². The molecule has 0 aromatic carbocycles. The maximum Gasteiger partial charge on any atom is 0.251 e. The molecule has 4 nitrogen and oxygen atoms in total. The van der Waals surface area contributed by atoms with Gasteiger partial charge in [0.2, 0.25) is 0 Å². The number of nitrogens with zero attached hydrogens (tertiary/aromatic N) is 1. The van der Waals surface area contributed by atoms with Gasteiger partial charge in [-0.2, -0.15) is 0 Å². The minimum atomic E-state index is -0.424. The van der Waals surface area contributed by atoms with Gasteiger partial charge in [0.25, 0.3) is 5.91 Å². The van der Waals surface area contributed by atoms with Gasteiger partial charge in [0, 0.05) is 18.4 Å². The van der Waals surface area contributed by atoms with Crippen molar-refractivity contribution < 1.29 is 9.53 Å². The van der Waals surface area contributed by atoms with E-state index in [9.17, 15) is 4.79 Å². The van der Waals surface area contributed by atoms with E-state index in [1.165, 1.54) is 0 Å². The lowest BCUT2D eigenvalue weighted by atomic mass is 10.1. The second kappa shape index (κ2) is 6.87. The molecule has 0 aliphatic carbocycles. The smallest absolute Gasteiger partial charge is 0.251 e. The zero-order valence-electron chi connectivity index (χ0n) is 11.9. The Labute approximate surface area is 119 Å². The summed E-state index contributed by atoms with van der Waals surface area (Å²) in [4.78, 5) is 16.4. The summed E-state index contributed by atoms with van der Waals surface area (Å²) in [5, 5.41) is 3.27. The van der Waals surface area contributed by atoms with Gasteiger partial charge in [-0.25, -0.2) is 4.98 Å². The number of carbonyl (C=O) groups excluding carboxylic acids is 1. The van der Waals surface area contributed by atoms with Gasteiger partial charge in [0.15, 0.2) is 0 Å². The largest absolute Gasteiger partial charge is 0.382 e. The van der Waals surface area contributed by atoms with Crippen LogP contribution in [0.5, 0.6) is 0 Å². The van der Waals surface area contributed by atoms with Crippen LogP contribution in [0.25, 0.3) is 0 Å². The highest BCUT2D eigenvalue weighted by Gasteiger charge is 2.21. The number of nitrogens with one attached hydrogen (secondary N) is 1. The van der Waals surface area contributed by atoms with Crippen LogP contribution in [0.4, 0.5) is 0 Å². The maximum absolute atomic E-state index is 12.2. The highest BCUT2D eigenvalue weighted by Crippen LogP contribution is 2.14. The molecule has 0 spiro atoms. The van der Waals surface area contributed by atoms with E-state index in [0.717, 1.165) is 18.5 Å². The molecule has 0 aliphatic rings. The minimum absolute atomic E-state index is 0.163. The Balaban J connectivity index is 2.87. The van der Waals surface area contributed by atoms with Gasteiger partial charge in [-0.15, -0.1) is 0 Å². The predicted molar refractivity (Wildman–Crippen MR) is 76.7 cm³/mol. The molecule has 0 unspecified atom stereocenters. The molecule has 5 heteroatoms. The number of aromatic nitrogens is 1. The number of rotatable bonds is 6. The molecule has 0 aliphatic heterocycles. The van der Waals surface area contributed by atoms with Crippen molar-refractivity contribution in [1.29, 1.82) is 0 Å². The van der Waals surface area contributed by atoms with E-state index in [-0.39, 0.29) is 5.91 Å². The van der Waals surface area contributed by atoms with Crippen molar-refractivity contribution in [3.63, 3.8) is 0 Å². The third-order valence-electron chi connectivity index (χ3n) is 2.57. The normalized spacial score (nSPS) is 11.4. The average Bonchev–Trinajstić information content (AvgIpc) is 2.27. The van der Waals surface area contributed by atoms with Crippen LogP contribution >= 0.6 is 11.6 Å².